The summed E-state index contributed by atoms with van der Waals surface area (Å²) in [7, 11) is -10.9. The molecule has 0 aromatic carbocycles. The van der Waals surface area contributed by atoms with Crippen LogP contribution in [0.5, 0.6) is 0 Å². The van der Waals surface area contributed by atoms with Crippen LogP contribution >= 0.6 is 22.8 Å². The molecule has 540 valence electrons. The molecule has 4 heterocycles. The van der Waals surface area contributed by atoms with E-state index in [1.807, 2.05) is 89.2 Å². The summed E-state index contributed by atoms with van der Waals surface area (Å²) in [6, 6.07) is 0.724. The van der Waals surface area contributed by atoms with Gasteiger partial charge in [0.25, 0.3) is 5.91 Å². The highest BCUT2D eigenvalue weighted by molar-refractivity contribution is 7.54. The molecule has 0 aliphatic carbocycles. The van der Waals surface area contributed by atoms with Gasteiger partial charge in [-0.1, -0.05) is 109 Å². The molecule has 0 radical (unpaired) electrons. The van der Waals surface area contributed by atoms with Gasteiger partial charge in [-0.2, -0.15) is 10.1 Å². The Morgan fingerprint density at radius 2 is 1.16 bits per heavy atom. The molecule has 3 saturated heterocycles. The second kappa shape index (κ2) is 44.9. The van der Waals surface area contributed by atoms with E-state index in [2.05, 4.69) is 65.2 Å². The van der Waals surface area contributed by atoms with Crippen LogP contribution in [-0.4, -0.2) is 209 Å². The molecule has 12 unspecified atom stereocenters. The molecule has 3 amide bonds. The van der Waals surface area contributed by atoms with Crippen LogP contribution in [0.1, 0.15) is 199 Å². The van der Waals surface area contributed by atoms with Gasteiger partial charge >= 0.3 is 22.8 Å². The fraction of sp³-hybridized carbons (Fsp3) is 0.922. The zero-order valence-corrected chi connectivity index (χ0v) is 63.7. The Labute approximate surface area is 551 Å². The Morgan fingerprint density at radius 3 is 1.66 bits per heavy atom. The van der Waals surface area contributed by atoms with Gasteiger partial charge in [-0.3, -0.25) is 28.1 Å². The lowest BCUT2D eigenvalue weighted by Crippen LogP contribution is -3.18. The zero-order valence-electron chi connectivity index (χ0n) is 61.0. The molecule has 3 fully saturated rings. The van der Waals surface area contributed by atoms with E-state index in [9.17, 15) is 42.8 Å². The van der Waals surface area contributed by atoms with Crippen LogP contribution in [0, 0.1) is 29.6 Å². The molecular weight excluding hydrogens is 1230 g/mol. The van der Waals surface area contributed by atoms with Gasteiger partial charge in [-0.25, -0.2) is 13.9 Å². The van der Waals surface area contributed by atoms with Gasteiger partial charge in [0.15, 0.2) is 12.3 Å². The van der Waals surface area contributed by atoms with Crippen molar-refractivity contribution < 1.29 is 85.2 Å². The number of likely N-dealkylation sites (tertiary alicyclic amines) is 1. The van der Waals surface area contributed by atoms with Crippen LogP contribution in [0.15, 0.2) is 12.2 Å². The third-order valence-corrected chi connectivity index (χ3v) is 20.0. The molecule has 6 N–H and O–H groups in total. The molecule has 27 heteroatoms. The largest absolute Gasteiger partial charge is 0.377 e. The minimum atomic E-state index is -3.65. The summed E-state index contributed by atoms with van der Waals surface area (Å²) in [5.41, 5.74) is -1.28. The number of hydrogen-bond donors (Lipinski definition) is 6. The van der Waals surface area contributed by atoms with Gasteiger partial charge < -0.3 is 58.8 Å². The van der Waals surface area contributed by atoms with Crippen LogP contribution in [-0.2, 0) is 65.6 Å². The van der Waals surface area contributed by atoms with E-state index in [-0.39, 0.29) is 78.8 Å². The number of ether oxygens (including phenoxy) is 5. The smallest absolute Gasteiger partial charge is 0.347 e. The maximum atomic E-state index is 12.2. The lowest BCUT2D eigenvalue weighted by atomic mass is 10.1. The van der Waals surface area contributed by atoms with Crippen molar-refractivity contribution >= 4 is 40.5 Å². The molecule has 0 aromatic rings. The molecule has 0 aromatic heterocycles. The summed E-state index contributed by atoms with van der Waals surface area (Å²) in [4.78, 5) is 68.0. The molecule has 0 saturated carbocycles. The summed E-state index contributed by atoms with van der Waals surface area (Å²) >= 11 is 0. The van der Waals surface area contributed by atoms with E-state index in [1.54, 1.807) is 51.5 Å². The average Bonchev–Trinajstić information content (AvgIpc) is 2.41. The van der Waals surface area contributed by atoms with E-state index >= 15 is 0 Å². The Hall–Kier alpha value is -1.76. The molecule has 24 nitrogen and oxygen atoms in total. The van der Waals surface area contributed by atoms with E-state index in [0.29, 0.717) is 95.3 Å². The fourth-order valence-electron chi connectivity index (χ4n) is 9.13. The van der Waals surface area contributed by atoms with Crippen LogP contribution < -0.4 is 15.5 Å². The Balaban J connectivity index is 0.00000111. The van der Waals surface area contributed by atoms with E-state index < -0.39 is 46.0 Å². The van der Waals surface area contributed by atoms with Crippen LogP contribution in [0.2, 0.25) is 0 Å². The maximum Gasteiger partial charge on any atom is 0.347 e. The number of quaternary nitrogens is 1. The predicted molar refractivity (Wildman–Crippen MR) is 362 cm³/mol. The highest BCUT2D eigenvalue weighted by atomic mass is 31.2. The number of nitrogens with one attached hydrogen (secondary N) is 3. The molecular formula is C64H133N7O17P3+. The molecule has 4 aliphatic heterocycles. The van der Waals surface area contributed by atoms with Crippen molar-refractivity contribution in [2.24, 2.45) is 29.6 Å². The first-order valence-corrected chi connectivity index (χ1v) is 38.7. The van der Waals surface area contributed by atoms with Crippen LogP contribution in [0.4, 0.5) is 0 Å². The Morgan fingerprint density at radius 1 is 0.648 bits per heavy atom. The molecule has 0 bridgehead atoms. The van der Waals surface area contributed by atoms with E-state index in [1.165, 1.54) is 15.0 Å². The second-order valence-corrected chi connectivity index (χ2v) is 35.1. The quantitative estimate of drug-likeness (QED) is 0.0288. The summed E-state index contributed by atoms with van der Waals surface area (Å²) in [5.74, 6) is 2.65. The summed E-state index contributed by atoms with van der Waals surface area (Å²) < 4.78 is 79.7. The fourth-order valence-corrected chi connectivity index (χ4v) is 11.1. The lowest BCUT2D eigenvalue weighted by Gasteiger charge is -2.38. The van der Waals surface area contributed by atoms with Crippen molar-refractivity contribution in [1.29, 1.82) is 0 Å². The number of carbonyl (C=O) groups is 3. The number of rotatable bonds is 30. The number of amides is 3. The minimum absolute atomic E-state index is 0.0459. The van der Waals surface area contributed by atoms with Crippen molar-refractivity contribution in [3.8, 4) is 0 Å². The summed E-state index contributed by atoms with van der Waals surface area (Å²) in [6.07, 6.45) is 7.28. The first-order chi connectivity index (χ1) is 41.9. The first-order valence-electron chi connectivity index (χ1n) is 33.8. The first kappa shape index (κ1) is 89.2. The van der Waals surface area contributed by atoms with Gasteiger partial charge in [0.05, 0.1) is 112 Å². The predicted octanol–water partition coefficient (Wildman–Crippen LogP) is 9.72. The number of morpholine rings is 1. The summed E-state index contributed by atoms with van der Waals surface area (Å²) in [6.45, 7) is 55.4. The van der Waals surface area contributed by atoms with Crippen LogP contribution in [0.3, 0.4) is 0 Å². The highest BCUT2D eigenvalue weighted by Crippen LogP contribution is 2.50. The second-order valence-electron chi connectivity index (χ2n) is 28.2. The molecule has 12 atom stereocenters. The van der Waals surface area contributed by atoms with Crippen molar-refractivity contribution in [1.82, 2.24) is 30.7 Å². The monoisotopic (exact) mass is 1360 g/mol. The number of carbonyl (C=O) groups excluding carboxylic acids is 3. The number of nitrogens with zero attached hydrogens (tertiary/aromatic N) is 4. The van der Waals surface area contributed by atoms with Gasteiger partial charge in [-0.15, -0.1) is 5.06 Å². The van der Waals surface area contributed by atoms with Crippen molar-refractivity contribution in [3.63, 3.8) is 0 Å². The highest BCUT2D eigenvalue weighted by Gasteiger charge is 2.41. The van der Waals surface area contributed by atoms with Gasteiger partial charge in [0.1, 0.15) is 0 Å². The van der Waals surface area contributed by atoms with Crippen molar-refractivity contribution in [3.05, 3.63) is 12.2 Å². The topological polar surface area (TPSA) is 278 Å². The Bertz CT molecular complexity index is 2190. The van der Waals surface area contributed by atoms with Gasteiger partial charge in [0, 0.05) is 51.0 Å². The lowest BCUT2D eigenvalue weighted by molar-refractivity contribution is -0.925. The Kier molecular flexibility index (Phi) is 44.1. The third kappa shape index (κ3) is 39.3. The molecule has 4 aliphatic rings. The standard InChI is InChI=1S/C14H28N2O.C13H26N2O2.C13H26NO4P.2C12H26NO5P/c1-10(2)6-7-15-14(17)13-8-12(5)9-16(13)11(3)4;1-6-13(17)15(8-7-10(2)3)9-12(16)14-11(4)5;1-10(2)17-9-13-7-6-12(5)8-14(13)18-19(15,16)11(3)4;1-9(2)16-8-12-7-13(6-11(5)17-12)18-19(14,15)10(3)4;1-9(2)16-8-12-13(6-11(5)7-17-12)18-19(14,15)10(3)4/h10-13H,6-9H2,1-5H3,(H,15,17);10-11H,6-9H2,1-5H3,(H,14,16);6-7,10-13H,8-9H2,1-5H3,(H,15,16);2*9-12H,6-8H2,1-5H3,(H,14,15)/p+1. The van der Waals surface area contributed by atoms with Crippen LogP contribution in [0.25, 0.3) is 0 Å². The number of hydroxylamine groups is 6. The molecule has 0 spiro atoms. The van der Waals surface area contributed by atoms with Gasteiger partial charge in [-0.05, 0) is 113 Å². The van der Waals surface area contributed by atoms with Gasteiger partial charge in [0.2, 0.25) is 11.8 Å². The maximum absolute atomic E-state index is 12.2. The van der Waals surface area contributed by atoms with E-state index in [0.717, 1.165) is 32.4 Å². The minimum Gasteiger partial charge on any atom is -0.377 e. The summed E-state index contributed by atoms with van der Waals surface area (Å²) in [5, 5.41) is 10.5. The van der Waals surface area contributed by atoms with Crippen molar-refractivity contribution in [2.45, 2.75) is 277 Å². The SMILES string of the molecule is CC(C)CCNC(=O)C1CC(C)C[NH+]1C(C)C.CC(C)OCC1CN(OP(=O)(O)C(C)C)CC(C)O1.CC1C=CC(COC(C)C)N(OP(=O)(O)C(C)C)C1.CC1COC(COC(C)C)N(OP(=O)(O)C(C)C)C1.CCC(=O)N(CCC(C)C)CC(=O)NC(C)C. The van der Waals surface area contributed by atoms with Crippen molar-refractivity contribution in [2.75, 3.05) is 78.8 Å². The molecule has 4 rings (SSSR count). The zero-order chi connectivity index (χ0) is 70.3. The number of hydrogen-bond acceptors (Lipinski definition) is 17. The normalized spacial score (nSPS) is 25.3. The van der Waals surface area contributed by atoms with E-state index in [4.69, 9.17) is 37.6 Å². The third-order valence-electron chi connectivity index (χ3n) is 14.8. The average molecular weight is 1370 g/mol. The molecule has 91 heavy (non-hydrogen) atoms.